The number of hydrogen-bond donors (Lipinski definition) is 0. The summed E-state index contributed by atoms with van der Waals surface area (Å²) in [5, 5.41) is 7.73. The van der Waals surface area contributed by atoms with Crippen molar-refractivity contribution in [3.63, 3.8) is 0 Å². The van der Waals surface area contributed by atoms with E-state index in [1.54, 1.807) is 23.0 Å². The van der Waals surface area contributed by atoms with Crippen LogP contribution in [0.15, 0.2) is 24.4 Å². The van der Waals surface area contributed by atoms with Crippen molar-refractivity contribution >= 4 is 34.8 Å². The summed E-state index contributed by atoms with van der Waals surface area (Å²) in [5.41, 5.74) is 0.350. The van der Waals surface area contributed by atoms with Gasteiger partial charge in [-0.25, -0.2) is 4.68 Å². The summed E-state index contributed by atoms with van der Waals surface area (Å²) in [6.07, 6.45) is 4.86. The molecule has 0 aliphatic carbocycles. The Morgan fingerprint density at radius 2 is 2.28 bits per heavy atom. The Balaban J connectivity index is 2.09. The minimum absolute atomic E-state index is 0.161. The number of nitrogens with zero attached hydrogens (tertiary/aromatic N) is 3. The van der Waals surface area contributed by atoms with Gasteiger partial charge in [0.05, 0.1) is 10.5 Å². The van der Waals surface area contributed by atoms with Gasteiger partial charge >= 0.3 is 0 Å². The molecule has 2 rings (SSSR count). The Bertz CT molecular complexity index is 586. The highest BCUT2D eigenvalue weighted by molar-refractivity contribution is 7.17. The van der Waals surface area contributed by atoms with Gasteiger partial charge in [-0.2, -0.15) is 0 Å². The predicted octanol–water partition coefficient (Wildman–Crippen LogP) is 3.47. The smallest absolute Gasteiger partial charge is 0.207 e. The number of halogens is 1. The highest BCUT2D eigenvalue weighted by Gasteiger charge is 2.09. The molecule has 0 unspecified atom stereocenters. The Morgan fingerprint density at radius 3 is 2.83 bits per heavy atom. The molecule has 6 heteroatoms. The van der Waals surface area contributed by atoms with Crippen LogP contribution < -0.4 is 0 Å². The molecule has 0 bridgehead atoms. The van der Waals surface area contributed by atoms with Gasteiger partial charge in [0, 0.05) is 10.9 Å². The monoisotopic (exact) mass is 281 g/mol. The van der Waals surface area contributed by atoms with Gasteiger partial charge < -0.3 is 0 Å². The summed E-state index contributed by atoms with van der Waals surface area (Å²) in [5.74, 6) is -0.161. The molecule has 0 fully saturated rings. The molecule has 2 heterocycles. The van der Waals surface area contributed by atoms with E-state index in [4.69, 9.17) is 11.6 Å². The lowest BCUT2D eigenvalue weighted by atomic mass is 10.2. The number of allylic oxidation sites excluding steroid dienone is 1. The Labute approximate surface area is 114 Å². The minimum atomic E-state index is -0.161. The molecule has 0 amide bonds. The van der Waals surface area contributed by atoms with E-state index in [9.17, 15) is 4.79 Å². The van der Waals surface area contributed by atoms with Crippen LogP contribution in [0.5, 0.6) is 0 Å². The number of carbonyl (C=O) groups is 1. The van der Waals surface area contributed by atoms with Crippen molar-refractivity contribution in [2.75, 3.05) is 0 Å². The van der Waals surface area contributed by atoms with E-state index in [1.807, 2.05) is 19.9 Å². The van der Waals surface area contributed by atoms with E-state index in [-0.39, 0.29) is 11.8 Å². The molecule has 18 heavy (non-hydrogen) atoms. The molecule has 2 aromatic heterocycles. The zero-order valence-electron chi connectivity index (χ0n) is 10.0. The zero-order chi connectivity index (χ0) is 13.1. The highest BCUT2D eigenvalue weighted by Crippen LogP contribution is 2.22. The van der Waals surface area contributed by atoms with Gasteiger partial charge in [-0.3, -0.25) is 4.79 Å². The summed E-state index contributed by atoms with van der Waals surface area (Å²) in [6.45, 7) is 3.96. The number of ketones is 1. The van der Waals surface area contributed by atoms with Crippen LogP contribution in [0.2, 0.25) is 4.34 Å². The average Bonchev–Trinajstić information content (AvgIpc) is 2.94. The number of thiophene rings is 1. The summed E-state index contributed by atoms with van der Waals surface area (Å²) in [6, 6.07) is 3.85. The van der Waals surface area contributed by atoms with Crippen LogP contribution in [0.25, 0.3) is 6.08 Å². The molecule has 94 valence electrons. The minimum Gasteiger partial charge on any atom is -0.287 e. The van der Waals surface area contributed by atoms with E-state index >= 15 is 0 Å². The molecule has 4 nitrogen and oxygen atoms in total. The van der Waals surface area contributed by atoms with Gasteiger partial charge in [0.2, 0.25) is 5.78 Å². The SMILES string of the molecule is CC(C)n1cc(C(=O)C=Cc2ccc(Cl)s2)nn1. The van der Waals surface area contributed by atoms with E-state index < -0.39 is 0 Å². The van der Waals surface area contributed by atoms with Crippen LogP contribution >= 0.6 is 22.9 Å². The molecule has 0 saturated heterocycles. The fourth-order valence-electron chi connectivity index (χ4n) is 1.30. The van der Waals surface area contributed by atoms with Crippen molar-refractivity contribution in [3.8, 4) is 0 Å². The predicted molar refractivity (Wildman–Crippen MR) is 73.1 cm³/mol. The number of rotatable bonds is 4. The van der Waals surface area contributed by atoms with Gasteiger partial charge in [0.15, 0.2) is 5.69 Å². The largest absolute Gasteiger partial charge is 0.287 e. The van der Waals surface area contributed by atoms with Crippen LogP contribution in [-0.2, 0) is 0 Å². The second-order valence-electron chi connectivity index (χ2n) is 4.02. The summed E-state index contributed by atoms with van der Waals surface area (Å²) < 4.78 is 2.36. The van der Waals surface area contributed by atoms with Gasteiger partial charge in [-0.1, -0.05) is 16.8 Å². The fraction of sp³-hybridized carbons (Fsp3) is 0.250. The first kappa shape index (κ1) is 13.0. The number of hydrogen-bond acceptors (Lipinski definition) is 4. The topological polar surface area (TPSA) is 47.8 Å². The molecule has 0 radical (unpaired) electrons. The Morgan fingerprint density at radius 1 is 1.50 bits per heavy atom. The van der Waals surface area contributed by atoms with Crippen molar-refractivity contribution in [1.29, 1.82) is 0 Å². The lowest BCUT2D eigenvalue weighted by Gasteiger charge is -2.00. The van der Waals surface area contributed by atoms with Crippen LogP contribution in [-0.4, -0.2) is 20.8 Å². The fourth-order valence-corrected chi connectivity index (χ4v) is 2.27. The third-order valence-corrected chi connectivity index (χ3v) is 3.48. The molecular weight excluding hydrogens is 270 g/mol. The number of aromatic nitrogens is 3. The van der Waals surface area contributed by atoms with Crippen molar-refractivity contribution in [2.24, 2.45) is 0 Å². The molecule has 2 aromatic rings. The lowest BCUT2D eigenvalue weighted by molar-refractivity contribution is 0.104. The van der Waals surface area contributed by atoms with Gasteiger partial charge in [0.25, 0.3) is 0 Å². The Kier molecular flexibility index (Phi) is 3.93. The molecule has 0 aliphatic rings. The second-order valence-corrected chi connectivity index (χ2v) is 5.76. The van der Waals surface area contributed by atoms with Gasteiger partial charge in [-0.05, 0) is 38.1 Å². The molecule has 0 N–H and O–H groups in total. The van der Waals surface area contributed by atoms with Crippen LogP contribution in [0.3, 0.4) is 0 Å². The van der Waals surface area contributed by atoms with E-state index in [0.29, 0.717) is 10.0 Å². The summed E-state index contributed by atoms with van der Waals surface area (Å²) in [4.78, 5) is 12.8. The maximum atomic E-state index is 11.8. The molecule has 0 aliphatic heterocycles. The standard InChI is InChI=1S/C12H12ClN3OS/c1-8(2)16-7-10(14-15-16)11(17)5-3-9-4-6-12(13)18-9/h3-8H,1-2H3. The van der Waals surface area contributed by atoms with Crippen LogP contribution in [0.1, 0.15) is 35.3 Å². The maximum Gasteiger partial charge on any atom is 0.207 e. The average molecular weight is 282 g/mol. The summed E-state index contributed by atoms with van der Waals surface area (Å²) >= 11 is 7.23. The van der Waals surface area contributed by atoms with Crippen LogP contribution in [0.4, 0.5) is 0 Å². The molecular formula is C12H12ClN3OS. The normalized spacial score (nSPS) is 11.6. The van der Waals surface area contributed by atoms with Gasteiger partial charge in [0.1, 0.15) is 0 Å². The van der Waals surface area contributed by atoms with Crippen molar-refractivity contribution in [1.82, 2.24) is 15.0 Å². The quantitative estimate of drug-likeness (QED) is 0.637. The van der Waals surface area contributed by atoms with E-state index in [0.717, 1.165) is 4.88 Å². The third kappa shape index (κ3) is 3.05. The lowest BCUT2D eigenvalue weighted by Crippen LogP contribution is -2.00. The molecule has 0 spiro atoms. The third-order valence-electron chi connectivity index (χ3n) is 2.28. The molecule has 0 aromatic carbocycles. The first-order valence-corrected chi connectivity index (χ1v) is 6.65. The summed E-state index contributed by atoms with van der Waals surface area (Å²) in [7, 11) is 0. The van der Waals surface area contributed by atoms with Crippen molar-refractivity contribution in [3.05, 3.63) is 39.3 Å². The van der Waals surface area contributed by atoms with E-state index in [1.165, 1.54) is 17.4 Å². The highest BCUT2D eigenvalue weighted by atomic mass is 35.5. The first-order chi connectivity index (χ1) is 8.56. The molecule has 0 atom stereocenters. The van der Waals surface area contributed by atoms with Crippen molar-refractivity contribution in [2.45, 2.75) is 19.9 Å². The first-order valence-electron chi connectivity index (χ1n) is 5.46. The second kappa shape index (κ2) is 5.46. The van der Waals surface area contributed by atoms with Gasteiger partial charge in [-0.15, -0.1) is 16.4 Å². The van der Waals surface area contributed by atoms with Crippen LogP contribution in [0, 0.1) is 0 Å². The number of carbonyl (C=O) groups excluding carboxylic acids is 1. The molecule has 0 saturated carbocycles. The van der Waals surface area contributed by atoms with E-state index in [2.05, 4.69) is 10.3 Å². The zero-order valence-corrected chi connectivity index (χ0v) is 11.6. The van der Waals surface area contributed by atoms with Crippen molar-refractivity contribution < 1.29 is 4.79 Å². The maximum absolute atomic E-state index is 11.8. The Hall–Kier alpha value is -1.46.